The van der Waals surface area contributed by atoms with Crippen LogP contribution in [0.25, 0.3) is 0 Å². The molecule has 0 bridgehead atoms. The summed E-state index contributed by atoms with van der Waals surface area (Å²) < 4.78 is 6.18. The minimum absolute atomic E-state index is 0.273. The summed E-state index contributed by atoms with van der Waals surface area (Å²) in [5, 5.41) is 9.61. The fourth-order valence-corrected chi connectivity index (χ4v) is 3.49. The number of ketones is 2. The third-order valence-electron chi connectivity index (χ3n) is 4.82. The summed E-state index contributed by atoms with van der Waals surface area (Å²) in [6, 6.07) is 9.82. The molecule has 120 valence electrons. The fraction of sp³-hybridized carbons (Fsp3) is 0.200. The predicted molar refractivity (Wildman–Crippen MR) is 87.9 cm³/mol. The molecule has 1 aromatic rings. The lowest BCUT2D eigenvalue weighted by molar-refractivity contribution is -0.129. The van der Waals surface area contributed by atoms with Crippen LogP contribution in [0.15, 0.2) is 77.8 Å². The highest BCUT2D eigenvalue weighted by atomic mass is 16.5. The molecule has 1 aliphatic heterocycles. The second-order valence-electron chi connectivity index (χ2n) is 6.39. The van der Waals surface area contributed by atoms with E-state index in [1.807, 2.05) is 49.4 Å². The van der Waals surface area contributed by atoms with Crippen LogP contribution in [-0.4, -0.2) is 16.7 Å². The van der Waals surface area contributed by atoms with Crippen molar-refractivity contribution in [1.82, 2.24) is 0 Å². The van der Waals surface area contributed by atoms with Crippen molar-refractivity contribution >= 4 is 11.6 Å². The van der Waals surface area contributed by atoms with Gasteiger partial charge in [0.25, 0.3) is 0 Å². The Hall–Kier alpha value is -2.88. The predicted octanol–water partition coefficient (Wildman–Crippen LogP) is 3.14. The number of aliphatic hydroxyl groups is 1. The van der Waals surface area contributed by atoms with E-state index in [-0.39, 0.29) is 5.78 Å². The summed E-state index contributed by atoms with van der Waals surface area (Å²) in [5.74, 6) is -1.84. The minimum atomic E-state index is -0.657. The molecule has 3 aliphatic rings. The number of carbonyl (C=O) groups excluding carboxylic acids is 2. The Balaban J connectivity index is 1.73. The number of aliphatic hydroxyl groups excluding tert-OH is 1. The van der Waals surface area contributed by atoms with Gasteiger partial charge in [0, 0.05) is 11.6 Å². The summed E-state index contributed by atoms with van der Waals surface area (Å²) in [7, 11) is 0. The maximum Gasteiger partial charge on any atom is 0.205 e. The first-order valence-electron chi connectivity index (χ1n) is 7.84. The highest BCUT2D eigenvalue weighted by molar-refractivity contribution is 6.11. The zero-order chi connectivity index (χ0) is 16.9. The number of hydrogen-bond acceptors (Lipinski definition) is 4. The number of carbonyl (C=O) groups is 2. The van der Waals surface area contributed by atoms with Crippen LogP contribution in [0.3, 0.4) is 0 Å². The second-order valence-corrected chi connectivity index (χ2v) is 6.39. The van der Waals surface area contributed by atoms with Crippen molar-refractivity contribution < 1.29 is 19.4 Å². The van der Waals surface area contributed by atoms with E-state index >= 15 is 0 Å². The molecule has 4 nitrogen and oxygen atoms in total. The molecule has 0 saturated heterocycles. The van der Waals surface area contributed by atoms with Crippen molar-refractivity contribution in [3.05, 3.63) is 83.4 Å². The zero-order valence-corrected chi connectivity index (χ0v) is 13.1. The normalized spacial score (nSPS) is 31.3. The van der Waals surface area contributed by atoms with Crippen LogP contribution in [0, 0.1) is 11.8 Å². The van der Waals surface area contributed by atoms with Crippen LogP contribution in [0.4, 0.5) is 0 Å². The van der Waals surface area contributed by atoms with Crippen molar-refractivity contribution in [2.45, 2.75) is 12.5 Å². The molecule has 1 N–H and O–H groups in total. The summed E-state index contributed by atoms with van der Waals surface area (Å²) >= 11 is 0. The number of hydrogen-bond donors (Lipinski definition) is 1. The van der Waals surface area contributed by atoms with Crippen molar-refractivity contribution in [2.24, 2.45) is 11.8 Å². The highest BCUT2D eigenvalue weighted by Crippen LogP contribution is 2.43. The Labute approximate surface area is 139 Å². The molecule has 0 spiro atoms. The molecule has 2 aliphatic carbocycles. The van der Waals surface area contributed by atoms with Gasteiger partial charge in [0.05, 0.1) is 11.8 Å². The first kappa shape index (κ1) is 14.7. The van der Waals surface area contributed by atoms with E-state index in [2.05, 4.69) is 0 Å². The maximum absolute atomic E-state index is 12.3. The van der Waals surface area contributed by atoms with E-state index in [0.29, 0.717) is 11.3 Å². The maximum atomic E-state index is 12.3. The lowest BCUT2D eigenvalue weighted by Gasteiger charge is -2.38. The molecule has 4 rings (SSSR count). The van der Waals surface area contributed by atoms with Crippen molar-refractivity contribution in [3.8, 4) is 0 Å². The summed E-state index contributed by atoms with van der Waals surface area (Å²) in [6.45, 7) is 1.96. The molecule has 0 amide bonds. The molecular formula is C20H16O4. The lowest BCUT2D eigenvalue weighted by Crippen LogP contribution is -2.38. The van der Waals surface area contributed by atoms with Gasteiger partial charge in [-0.1, -0.05) is 42.5 Å². The average Bonchev–Trinajstić information content (AvgIpc) is 2.59. The van der Waals surface area contributed by atoms with Crippen molar-refractivity contribution in [2.75, 3.05) is 0 Å². The van der Waals surface area contributed by atoms with Gasteiger partial charge in [-0.15, -0.1) is 0 Å². The molecule has 3 atom stereocenters. The SMILES string of the molecule is CC1(c2ccccc2)C=CC2=C(C=CC3C(=O)C(O)=CC(=O)C23)O1. The number of fused-ring (bicyclic) bond motifs is 2. The third-order valence-corrected chi connectivity index (χ3v) is 4.82. The molecule has 0 radical (unpaired) electrons. The van der Waals surface area contributed by atoms with Crippen LogP contribution in [0.2, 0.25) is 0 Å². The first-order chi connectivity index (χ1) is 11.5. The average molecular weight is 320 g/mol. The minimum Gasteiger partial charge on any atom is -0.504 e. The van der Waals surface area contributed by atoms with Crippen LogP contribution < -0.4 is 0 Å². The fourth-order valence-electron chi connectivity index (χ4n) is 3.49. The molecular weight excluding hydrogens is 304 g/mol. The Morgan fingerprint density at radius 1 is 1.12 bits per heavy atom. The number of Topliss-reactive ketones (excluding diaryl/α,β-unsaturated/α-hetero) is 1. The standard InChI is InChI=1S/C20H16O4/c1-20(12-5-3-2-4-6-12)10-9-13-17(24-20)8-7-14-18(13)15(21)11-16(22)19(14)23/h2-11,14,18,22H,1H3. The van der Waals surface area contributed by atoms with Crippen LogP contribution in [0.5, 0.6) is 0 Å². The number of allylic oxidation sites excluding steroid dienone is 6. The Kier molecular flexibility index (Phi) is 3.10. The molecule has 0 aromatic heterocycles. The van der Waals surface area contributed by atoms with E-state index in [1.54, 1.807) is 12.2 Å². The number of rotatable bonds is 1. The molecule has 1 heterocycles. The Morgan fingerprint density at radius 2 is 1.88 bits per heavy atom. The van der Waals surface area contributed by atoms with Crippen LogP contribution in [0.1, 0.15) is 12.5 Å². The van der Waals surface area contributed by atoms with E-state index in [4.69, 9.17) is 4.74 Å². The van der Waals surface area contributed by atoms with Gasteiger partial charge >= 0.3 is 0 Å². The van der Waals surface area contributed by atoms with E-state index < -0.39 is 29.0 Å². The molecule has 3 unspecified atom stereocenters. The van der Waals surface area contributed by atoms with Gasteiger partial charge in [0.15, 0.2) is 11.5 Å². The van der Waals surface area contributed by atoms with Crippen LogP contribution in [-0.2, 0) is 19.9 Å². The summed E-state index contributed by atoms with van der Waals surface area (Å²) in [5.41, 5.74) is 1.07. The van der Waals surface area contributed by atoms with Crippen molar-refractivity contribution in [3.63, 3.8) is 0 Å². The van der Waals surface area contributed by atoms with Gasteiger partial charge in [0.1, 0.15) is 11.4 Å². The highest BCUT2D eigenvalue weighted by Gasteiger charge is 2.44. The lowest BCUT2D eigenvalue weighted by atomic mass is 9.72. The van der Waals surface area contributed by atoms with Crippen molar-refractivity contribution in [1.29, 1.82) is 0 Å². The molecule has 0 fully saturated rings. The first-order valence-corrected chi connectivity index (χ1v) is 7.84. The summed E-state index contributed by atoms with van der Waals surface area (Å²) in [6.07, 6.45) is 8.18. The van der Waals surface area contributed by atoms with E-state index in [0.717, 1.165) is 11.6 Å². The molecule has 0 saturated carbocycles. The van der Waals surface area contributed by atoms with Gasteiger partial charge in [-0.3, -0.25) is 9.59 Å². The topological polar surface area (TPSA) is 63.6 Å². The smallest absolute Gasteiger partial charge is 0.205 e. The molecule has 4 heteroatoms. The Morgan fingerprint density at radius 3 is 2.62 bits per heavy atom. The van der Waals surface area contributed by atoms with Gasteiger partial charge in [0.2, 0.25) is 5.78 Å². The van der Waals surface area contributed by atoms with Gasteiger partial charge < -0.3 is 9.84 Å². The van der Waals surface area contributed by atoms with Crippen LogP contribution >= 0.6 is 0 Å². The number of ether oxygens (including phenoxy) is 1. The van der Waals surface area contributed by atoms with Gasteiger partial charge in [-0.2, -0.15) is 0 Å². The largest absolute Gasteiger partial charge is 0.504 e. The summed E-state index contributed by atoms with van der Waals surface area (Å²) in [4.78, 5) is 24.4. The molecule has 1 aromatic carbocycles. The van der Waals surface area contributed by atoms with Gasteiger partial charge in [-0.05, 0) is 24.6 Å². The number of benzene rings is 1. The zero-order valence-electron chi connectivity index (χ0n) is 13.1. The molecule has 24 heavy (non-hydrogen) atoms. The quantitative estimate of drug-likeness (QED) is 0.863. The monoisotopic (exact) mass is 320 g/mol. The van der Waals surface area contributed by atoms with E-state index in [9.17, 15) is 14.7 Å². The Bertz CT molecular complexity index is 857. The van der Waals surface area contributed by atoms with Gasteiger partial charge in [-0.25, -0.2) is 0 Å². The third kappa shape index (κ3) is 2.07. The second kappa shape index (κ2) is 5.06. The van der Waals surface area contributed by atoms with E-state index in [1.165, 1.54) is 0 Å².